The van der Waals surface area contributed by atoms with Gasteiger partial charge in [0.05, 0.1) is 5.92 Å². The van der Waals surface area contributed by atoms with Crippen molar-refractivity contribution >= 4 is 11.8 Å². The topological polar surface area (TPSA) is 54.4 Å². The predicted molar refractivity (Wildman–Crippen MR) is 138 cm³/mol. The normalized spacial score (nSPS) is 46.6. The quantitative estimate of drug-likeness (QED) is 0.415. The van der Waals surface area contributed by atoms with E-state index in [4.69, 9.17) is 0 Å². The van der Waals surface area contributed by atoms with Gasteiger partial charge in [-0.2, -0.15) is 0 Å². The van der Waals surface area contributed by atoms with Gasteiger partial charge in [0.1, 0.15) is 5.78 Å². The number of carboxylic acids is 1. The van der Waals surface area contributed by atoms with Crippen molar-refractivity contribution in [3.8, 4) is 0 Å². The molecular weight excluding hydrogens is 420 g/mol. The number of carboxylic acid groups (broad SMARTS) is 1. The first-order valence-corrected chi connectivity index (χ1v) is 14.2. The first-order chi connectivity index (χ1) is 15.8. The molecule has 9 atom stereocenters. The van der Waals surface area contributed by atoms with Gasteiger partial charge in [0, 0.05) is 11.8 Å². The monoisotopic (exact) mass is 470 g/mol. The number of fused-ring (bicyclic) bond motifs is 5. The highest BCUT2D eigenvalue weighted by atomic mass is 16.4. The summed E-state index contributed by atoms with van der Waals surface area (Å²) in [4.78, 5) is 25.4. The molecule has 0 spiro atoms. The molecule has 4 rings (SSSR count). The number of ketones is 1. The van der Waals surface area contributed by atoms with Crippen molar-refractivity contribution in [1.82, 2.24) is 0 Å². The van der Waals surface area contributed by atoms with E-state index in [1.54, 1.807) is 0 Å². The van der Waals surface area contributed by atoms with Gasteiger partial charge in [-0.1, -0.05) is 60.1 Å². The zero-order chi connectivity index (χ0) is 25.3. The molecule has 4 aliphatic rings. The number of rotatable bonds is 5. The lowest BCUT2D eigenvalue weighted by atomic mass is 9.33. The molecular formula is C31H50O3. The van der Waals surface area contributed by atoms with Crippen LogP contribution in [0, 0.1) is 57.2 Å². The number of allylic oxidation sites excluding steroid dienone is 1. The van der Waals surface area contributed by atoms with E-state index in [-0.39, 0.29) is 33.5 Å². The van der Waals surface area contributed by atoms with E-state index in [2.05, 4.69) is 55.0 Å². The Kier molecular flexibility index (Phi) is 6.47. The first kappa shape index (κ1) is 26.0. The Morgan fingerprint density at radius 3 is 2.24 bits per heavy atom. The number of hydrogen-bond donors (Lipinski definition) is 1. The summed E-state index contributed by atoms with van der Waals surface area (Å²) >= 11 is 0. The molecule has 0 heterocycles. The van der Waals surface area contributed by atoms with Gasteiger partial charge in [0.15, 0.2) is 0 Å². The molecule has 0 amide bonds. The van der Waals surface area contributed by atoms with Gasteiger partial charge < -0.3 is 5.11 Å². The Balaban J connectivity index is 1.76. The molecule has 4 saturated carbocycles. The summed E-state index contributed by atoms with van der Waals surface area (Å²) in [5.41, 5.74) is 1.51. The van der Waals surface area contributed by atoms with E-state index >= 15 is 0 Å². The minimum atomic E-state index is -0.593. The lowest BCUT2D eigenvalue weighted by Gasteiger charge is -2.71. The number of Topliss-reactive ketones (excluding diaryl/α,β-unsaturated/α-hetero) is 1. The van der Waals surface area contributed by atoms with Crippen LogP contribution in [0.4, 0.5) is 0 Å². The Morgan fingerprint density at radius 2 is 1.65 bits per heavy atom. The smallest absolute Gasteiger partial charge is 0.306 e. The standard InChI is InChI=1S/C31H50O3/c1-9-10-20(19(2)3)26-21(27(33)34)13-17-30(7)22(26)11-12-24-29(6)16-15-25(32)28(4,5)23(29)14-18-31(24,30)8/h20-24,26H,2,9-18H2,1,3-8H3,(H,33,34)/t20?,21?,22-,23+,24-,26?,29+,30-,31-/m1/s1. The van der Waals surface area contributed by atoms with Crippen LogP contribution in [0.3, 0.4) is 0 Å². The van der Waals surface area contributed by atoms with Gasteiger partial charge in [-0.25, -0.2) is 0 Å². The number of hydrogen-bond acceptors (Lipinski definition) is 2. The molecule has 3 heteroatoms. The fraction of sp³-hybridized carbons (Fsp3) is 0.871. The molecule has 0 aromatic heterocycles. The molecule has 4 fully saturated rings. The molecule has 0 aliphatic heterocycles. The Hall–Kier alpha value is -1.12. The molecule has 3 nitrogen and oxygen atoms in total. The second-order valence-electron chi connectivity index (χ2n) is 14.1. The van der Waals surface area contributed by atoms with Crippen molar-refractivity contribution in [3.63, 3.8) is 0 Å². The number of carbonyl (C=O) groups excluding carboxylic acids is 1. The van der Waals surface area contributed by atoms with Crippen LogP contribution in [0.5, 0.6) is 0 Å². The SMILES string of the molecule is C=C(C)C(CCC)C1C(C(=O)O)CC[C@]2(C)[C@@H]1CC[C@@H]1[C@@]3(C)CCC(=O)C(C)(C)[C@@H]3CC[C@]12C. The summed E-state index contributed by atoms with van der Waals surface area (Å²) < 4.78 is 0. The van der Waals surface area contributed by atoms with Crippen LogP contribution in [-0.4, -0.2) is 16.9 Å². The van der Waals surface area contributed by atoms with E-state index < -0.39 is 5.97 Å². The van der Waals surface area contributed by atoms with E-state index in [9.17, 15) is 14.7 Å². The highest BCUT2D eigenvalue weighted by molar-refractivity contribution is 5.85. The third kappa shape index (κ3) is 3.41. The maximum absolute atomic E-state index is 12.9. The lowest BCUT2D eigenvalue weighted by molar-refractivity contribution is -0.229. The summed E-state index contributed by atoms with van der Waals surface area (Å²) in [6.07, 6.45) is 10.3. The lowest BCUT2D eigenvalue weighted by Crippen LogP contribution is -2.66. The molecule has 3 unspecified atom stereocenters. The van der Waals surface area contributed by atoms with Gasteiger partial charge in [-0.15, -0.1) is 0 Å². The summed E-state index contributed by atoms with van der Waals surface area (Å²) in [6, 6.07) is 0. The van der Waals surface area contributed by atoms with Crippen molar-refractivity contribution in [2.75, 3.05) is 0 Å². The third-order valence-corrected chi connectivity index (χ3v) is 12.6. The van der Waals surface area contributed by atoms with Crippen LogP contribution >= 0.6 is 0 Å². The second-order valence-corrected chi connectivity index (χ2v) is 14.1. The zero-order valence-corrected chi connectivity index (χ0v) is 23.0. The maximum Gasteiger partial charge on any atom is 0.306 e. The zero-order valence-electron chi connectivity index (χ0n) is 23.0. The van der Waals surface area contributed by atoms with Crippen LogP contribution in [0.15, 0.2) is 12.2 Å². The van der Waals surface area contributed by atoms with Crippen molar-refractivity contribution in [2.45, 2.75) is 113 Å². The van der Waals surface area contributed by atoms with E-state index in [0.29, 0.717) is 29.5 Å². The third-order valence-electron chi connectivity index (χ3n) is 12.6. The molecule has 4 aliphatic carbocycles. The van der Waals surface area contributed by atoms with Crippen LogP contribution in [-0.2, 0) is 9.59 Å². The first-order valence-electron chi connectivity index (χ1n) is 14.2. The van der Waals surface area contributed by atoms with Crippen molar-refractivity contribution in [3.05, 3.63) is 12.2 Å². The minimum Gasteiger partial charge on any atom is -0.481 e. The highest BCUT2D eigenvalue weighted by Gasteiger charge is 2.69. The van der Waals surface area contributed by atoms with Crippen molar-refractivity contribution in [2.24, 2.45) is 57.2 Å². The second kappa shape index (κ2) is 8.48. The fourth-order valence-electron chi connectivity index (χ4n) is 10.7. The van der Waals surface area contributed by atoms with Gasteiger partial charge in [0.25, 0.3) is 0 Å². The Labute approximate surface area is 208 Å². The fourth-order valence-corrected chi connectivity index (χ4v) is 10.7. The van der Waals surface area contributed by atoms with Crippen LogP contribution in [0.2, 0.25) is 0 Å². The van der Waals surface area contributed by atoms with E-state index in [0.717, 1.165) is 51.4 Å². The molecule has 1 N–H and O–H groups in total. The van der Waals surface area contributed by atoms with Gasteiger partial charge in [-0.3, -0.25) is 9.59 Å². The Bertz CT molecular complexity index is 857. The van der Waals surface area contributed by atoms with Crippen LogP contribution < -0.4 is 0 Å². The van der Waals surface area contributed by atoms with Gasteiger partial charge in [0.2, 0.25) is 0 Å². The van der Waals surface area contributed by atoms with Crippen molar-refractivity contribution in [1.29, 1.82) is 0 Å². The average Bonchev–Trinajstić information content (AvgIpc) is 2.74. The summed E-state index contributed by atoms with van der Waals surface area (Å²) in [7, 11) is 0. The molecule has 0 aromatic rings. The summed E-state index contributed by atoms with van der Waals surface area (Å²) in [5.74, 6) is 1.64. The predicted octanol–water partition coefficient (Wildman–Crippen LogP) is 7.93. The van der Waals surface area contributed by atoms with Gasteiger partial charge in [-0.05, 0) is 104 Å². The van der Waals surface area contributed by atoms with E-state index in [1.165, 1.54) is 18.4 Å². The molecule has 0 radical (unpaired) electrons. The Morgan fingerprint density at radius 1 is 1.00 bits per heavy atom. The largest absolute Gasteiger partial charge is 0.481 e. The van der Waals surface area contributed by atoms with Crippen LogP contribution in [0.1, 0.15) is 113 Å². The maximum atomic E-state index is 12.9. The average molecular weight is 471 g/mol. The minimum absolute atomic E-state index is 0.146. The molecule has 0 saturated heterocycles. The van der Waals surface area contributed by atoms with Crippen molar-refractivity contribution < 1.29 is 14.7 Å². The molecule has 0 bridgehead atoms. The van der Waals surface area contributed by atoms with E-state index in [1.807, 2.05) is 0 Å². The molecule has 34 heavy (non-hydrogen) atoms. The molecule has 0 aromatic carbocycles. The number of carbonyl (C=O) groups is 2. The summed E-state index contributed by atoms with van der Waals surface area (Å²) in [5, 5.41) is 10.3. The highest BCUT2D eigenvalue weighted by Crippen LogP contribution is 2.75. The summed E-state index contributed by atoms with van der Waals surface area (Å²) in [6.45, 7) is 20.8. The van der Waals surface area contributed by atoms with Gasteiger partial charge >= 0.3 is 5.97 Å². The number of aliphatic carboxylic acids is 1. The van der Waals surface area contributed by atoms with Crippen LogP contribution in [0.25, 0.3) is 0 Å². The molecule has 192 valence electrons.